The largest absolute Gasteiger partial charge is 0.492 e. The third-order valence-electron chi connectivity index (χ3n) is 2.53. The van der Waals surface area contributed by atoms with Gasteiger partial charge in [-0.05, 0) is 12.1 Å². The summed E-state index contributed by atoms with van der Waals surface area (Å²) in [6.07, 6.45) is -0.792. The Morgan fingerprint density at radius 1 is 1.41 bits per heavy atom. The van der Waals surface area contributed by atoms with Gasteiger partial charge in [0.05, 0.1) is 19.7 Å². The molecule has 0 radical (unpaired) electrons. The maximum Gasteiger partial charge on any atom is 0.410 e. The first kappa shape index (κ1) is 11.7. The van der Waals surface area contributed by atoms with Crippen molar-refractivity contribution in [3.05, 3.63) is 30.3 Å². The van der Waals surface area contributed by atoms with Gasteiger partial charge in [-0.15, -0.1) is 0 Å². The van der Waals surface area contributed by atoms with Gasteiger partial charge in [-0.1, -0.05) is 18.2 Å². The number of aliphatic hydroxyl groups excluding tert-OH is 1. The number of nitrogens with zero attached hydrogens (tertiary/aromatic N) is 1. The third kappa shape index (κ3) is 3.10. The summed E-state index contributed by atoms with van der Waals surface area (Å²) < 4.78 is 10.4. The minimum Gasteiger partial charge on any atom is -0.492 e. The average Bonchev–Trinajstić information content (AvgIpc) is 2.72. The molecule has 1 N–H and O–H groups in total. The van der Waals surface area contributed by atoms with Gasteiger partial charge in [-0.25, -0.2) is 4.79 Å². The number of amides is 1. The van der Waals surface area contributed by atoms with Gasteiger partial charge < -0.3 is 19.5 Å². The lowest BCUT2D eigenvalue weighted by molar-refractivity contribution is 0.0945. The Morgan fingerprint density at radius 2 is 2.18 bits per heavy atom. The highest BCUT2D eigenvalue weighted by molar-refractivity contribution is 5.69. The number of rotatable bonds is 5. The van der Waals surface area contributed by atoms with Gasteiger partial charge in [-0.3, -0.25) is 0 Å². The molecule has 0 aromatic heterocycles. The molecule has 1 aromatic rings. The molecular formula is C12H15NO4. The maximum atomic E-state index is 11.3. The van der Waals surface area contributed by atoms with Crippen molar-refractivity contribution >= 4 is 6.09 Å². The molecule has 1 amide bonds. The second-order valence-corrected chi connectivity index (χ2v) is 3.80. The fourth-order valence-electron chi connectivity index (χ4n) is 1.64. The predicted molar refractivity (Wildman–Crippen MR) is 60.9 cm³/mol. The first-order valence-electron chi connectivity index (χ1n) is 5.54. The van der Waals surface area contributed by atoms with Crippen LogP contribution in [0.15, 0.2) is 30.3 Å². The second-order valence-electron chi connectivity index (χ2n) is 3.80. The minimum absolute atomic E-state index is 0.137. The van der Waals surface area contributed by atoms with Crippen LogP contribution in [0, 0.1) is 0 Å². The molecule has 5 heteroatoms. The summed E-state index contributed by atoms with van der Waals surface area (Å²) in [7, 11) is 0. The summed E-state index contributed by atoms with van der Waals surface area (Å²) in [5.41, 5.74) is 0. The van der Waals surface area contributed by atoms with Crippen molar-refractivity contribution in [1.82, 2.24) is 4.90 Å². The SMILES string of the molecule is O=C1OC(CO)CN1CCOc1ccccc1. The molecule has 5 nitrogen and oxygen atoms in total. The molecule has 2 rings (SSSR count). The highest BCUT2D eigenvalue weighted by atomic mass is 16.6. The average molecular weight is 237 g/mol. The molecule has 0 spiro atoms. The van der Waals surface area contributed by atoms with E-state index in [0.717, 1.165) is 5.75 Å². The zero-order chi connectivity index (χ0) is 12.1. The first-order valence-corrected chi connectivity index (χ1v) is 5.54. The molecule has 0 aliphatic carbocycles. The topological polar surface area (TPSA) is 59.0 Å². The summed E-state index contributed by atoms with van der Waals surface area (Å²) in [5, 5.41) is 8.87. The highest BCUT2D eigenvalue weighted by Gasteiger charge is 2.30. The molecule has 0 bridgehead atoms. The Bertz CT molecular complexity index is 368. The van der Waals surface area contributed by atoms with E-state index in [0.29, 0.717) is 19.7 Å². The predicted octanol–water partition coefficient (Wildman–Crippen LogP) is 0.879. The summed E-state index contributed by atoms with van der Waals surface area (Å²) in [6.45, 7) is 1.16. The Hall–Kier alpha value is -1.75. The van der Waals surface area contributed by atoms with Crippen molar-refractivity contribution in [2.75, 3.05) is 26.3 Å². The number of hydrogen-bond donors (Lipinski definition) is 1. The van der Waals surface area contributed by atoms with Gasteiger partial charge in [0.1, 0.15) is 18.5 Å². The summed E-state index contributed by atoms with van der Waals surface area (Å²) in [4.78, 5) is 12.9. The zero-order valence-electron chi connectivity index (χ0n) is 9.41. The molecule has 1 aliphatic heterocycles. The van der Waals surface area contributed by atoms with Crippen LogP contribution in [0.4, 0.5) is 4.79 Å². The number of benzene rings is 1. The van der Waals surface area contributed by atoms with Crippen LogP contribution in [-0.2, 0) is 4.74 Å². The van der Waals surface area contributed by atoms with E-state index < -0.39 is 6.10 Å². The lowest BCUT2D eigenvalue weighted by atomic mass is 10.3. The van der Waals surface area contributed by atoms with Crippen LogP contribution in [0.3, 0.4) is 0 Å². The second kappa shape index (κ2) is 5.54. The minimum atomic E-state index is -0.403. The van der Waals surface area contributed by atoms with E-state index in [1.807, 2.05) is 30.3 Å². The Kier molecular flexibility index (Phi) is 3.82. The van der Waals surface area contributed by atoms with Crippen LogP contribution in [0.25, 0.3) is 0 Å². The van der Waals surface area contributed by atoms with Crippen molar-refractivity contribution in [1.29, 1.82) is 0 Å². The molecule has 1 saturated heterocycles. The normalized spacial score (nSPS) is 19.2. The monoisotopic (exact) mass is 237 g/mol. The smallest absolute Gasteiger partial charge is 0.410 e. The lowest BCUT2D eigenvalue weighted by Gasteiger charge is -2.13. The molecule has 1 aromatic carbocycles. The van der Waals surface area contributed by atoms with E-state index >= 15 is 0 Å². The Balaban J connectivity index is 1.74. The van der Waals surface area contributed by atoms with Crippen LogP contribution < -0.4 is 4.74 Å². The van der Waals surface area contributed by atoms with Crippen molar-refractivity contribution in [2.45, 2.75) is 6.10 Å². The summed E-state index contributed by atoms with van der Waals surface area (Å²) in [6, 6.07) is 9.41. The third-order valence-corrected chi connectivity index (χ3v) is 2.53. The van der Waals surface area contributed by atoms with Crippen molar-refractivity contribution < 1.29 is 19.4 Å². The first-order chi connectivity index (χ1) is 8.29. The Morgan fingerprint density at radius 3 is 2.82 bits per heavy atom. The van der Waals surface area contributed by atoms with E-state index in [9.17, 15) is 4.79 Å². The number of aliphatic hydroxyl groups is 1. The van der Waals surface area contributed by atoms with Gasteiger partial charge in [0.2, 0.25) is 0 Å². The molecule has 1 atom stereocenters. The molecule has 1 fully saturated rings. The quantitative estimate of drug-likeness (QED) is 0.825. The molecule has 1 unspecified atom stereocenters. The van der Waals surface area contributed by atoms with Crippen LogP contribution in [0.5, 0.6) is 5.75 Å². The van der Waals surface area contributed by atoms with E-state index in [2.05, 4.69) is 0 Å². The van der Waals surface area contributed by atoms with E-state index in [4.69, 9.17) is 14.6 Å². The highest BCUT2D eigenvalue weighted by Crippen LogP contribution is 2.11. The number of carbonyl (C=O) groups excluding carboxylic acids is 1. The van der Waals surface area contributed by atoms with Gasteiger partial charge in [0.25, 0.3) is 0 Å². The van der Waals surface area contributed by atoms with Crippen LogP contribution >= 0.6 is 0 Å². The molecule has 0 saturated carbocycles. The summed E-state index contributed by atoms with van der Waals surface area (Å²) in [5.74, 6) is 0.777. The number of para-hydroxylation sites is 1. The number of hydrogen-bond acceptors (Lipinski definition) is 4. The van der Waals surface area contributed by atoms with Crippen LogP contribution in [0.1, 0.15) is 0 Å². The van der Waals surface area contributed by atoms with Crippen molar-refractivity contribution in [3.8, 4) is 5.75 Å². The van der Waals surface area contributed by atoms with Gasteiger partial charge >= 0.3 is 6.09 Å². The van der Waals surface area contributed by atoms with E-state index in [-0.39, 0.29) is 12.7 Å². The maximum absolute atomic E-state index is 11.3. The standard InChI is InChI=1S/C12H15NO4/c14-9-11-8-13(12(15)17-11)6-7-16-10-4-2-1-3-5-10/h1-5,11,14H,6-9H2. The van der Waals surface area contributed by atoms with E-state index in [1.165, 1.54) is 4.90 Å². The van der Waals surface area contributed by atoms with Crippen LogP contribution in [0.2, 0.25) is 0 Å². The number of carbonyl (C=O) groups is 1. The van der Waals surface area contributed by atoms with Crippen molar-refractivity contribution in [2.24, 2.45) is 0 Å². The molecular weight excluding hydrogens is 222 g/mol. The summed E-state index contributed by atoms with van der Waals surface area (Å²) >= 11 is 0. The molecule has 1 heterocycles. The van der Waals surface area contributed by atoms with Crippen molar-refractivity contribution in [3.63, 3.8) is 0 Å². The van der Waals surface area contributed by atoms with E-state index in [1.54, 1.807) is 0 Å². The lowest BCUT2D eigenvalue weighted by Crippen LogP contribution is -2.30. The molecule has 1 aliphatic rings. The molecule has 92 valence electrons. The van der Waals surface area contributed by atoms with Gasteiger partial charge in [0.15, 0.2) is 0 Å². The number of ether oxygens (including phenoxy) is 2. The van der Waals surface area contributed by atoms with Gasteiger partial charge in [0, 0.05) is 0 Å². The molecule has 17 heavy (non-hydrogen) atoms. The fourth-order valence-corrected chi connectivity index (χ4v) is 1.64. The fraction of sp³-hybridized carbons (Fsp3) is 0.417. The Labute approximate surface area is 99.6 Å². The van der Waals surface area contributed by atoms with Crippen LogP contribution in [-0.4, -0.2) is 48.5 Å². The zero-order valence-corrected chi connectivity index (χ0v) is 9.41. The van der Waals surface area contributed by atoms with Gasteiger partial charge in [-0.2, -0.15) is 0 Å². The number of cyclic esters (lactones) is 1.